The number of nitrogens with one attached hydrogen (secondary N) is 1. The zero-order valence-electron chi connectivity index (χ0n) is 23.8. The molecule has 36 heavy (non-hydrogen) atoms. The molecule has 0 saturated carbocycles. The number of allylic oxidation sites excluding steroid dienone is 6. The molecule has 0 bridgehead atoms. The highest BCUT2D eigenvalue weighted by atomic mass is 16.3. The molecule has 0 aliphatic carbocycles. The summed E-state index contributed by atoms with van der Waals surface area (Å²) in [6, 6.07) is -0.538. The Morgan fingerprint density at radius 1 is 0.667 bits per heavy atom. The molecule has 0 aromatic heterocycles. The maximum Gasteiger partial charge on any atom is 0.220 e. The zero-order chi connectivity index (χ0) is 26.5. The number of hydrogen-bond donors (Lipinski definition) is 3. The minimum Gasteiger partial charge on any atom is -0.394 e. The summed E-state index contributed by atoms with van der Waals surface area (Å²) in [5, 5.41) is 22.6. The van der Waals surface area contributed by atoms with Gasteiger partial charge < -0.3 is 15.5 Å². The highest BCUT2D eigenvalue weighted by Gasteiger charge is 2.19. The van der Waals surface area contributed by atoms with Crippen molar-refractivity contribution in [2.24, 2.45) is 0 Å². The van der Waals surface area contributed by atoms with Gasteiger partial charge in [-0.1, -0.05) is 121 Å². The van der Waals surface area contributed by atoms with E-state index in [1.54, 1.807) is 0 Å². The molecule has 0 aliphatic heterocycles. The molecule has 0 heterocycles. The van der Waals surface area contributed by atoms with Crippen molar-refractivity contribution in [1.29, 1.82) is 0 Å². The van der Waals surface area contributed by atoms with Crippen molar-refractivity contribution < 1.29 is 15.0 Å². The Balaban J connectivity index is 3.60. The predicted molar refractivity (Wildman–Crippen MR) is 156 cm³/mol. The highest BCUT2D eigenvalue weighted by Crippen LogP contribution is 2.11. The fourth-order valence-electron chi connectivity index (χ4n) is 4.25. The smallest absolute Gasteiger partial charge is 0.220 e. The van der Waals surface area contributed by atoms with E-state index in [1.807, 2.05) is 0 Å². The van der Waals surface area contributed by atoms with Crippen LogP contribution in [0.15, 0.2) is 36.5 Å². The number of aliphatic hydroxyl groups excluding tert-OH is 2. The molecule has 4 nitrogen and oxygen atoms in total. The molecule has 2 unspecified atom stereocenters. The maximum absolute atomic E-state index is 12.2. The Hall–Kier alpha value is -1.39. The molecule has 0 aliphatic rings. The second kappa shape index (κ2) is 28.2. The average Bonchev–Trinajstić information content (AvgIpc) is 2.88. The Labute approximate surface area is 223 Å². The summed E-state index contributed by atoms with van der Waals surface area (Å²) in [5.74, 6) is -0.0544. The van der Waals surface area contributed by atoms with Crippen LogP contribution in [0.5, 0.6) is 0 Å². The SMILES string of the molecule is CCCCC/C=C\C/C=C\C/C=C\CCCCCCCCC(=O)NC(CO)C(O)CCCCCCC. The van der Waals surface area contributed by atoms with E-state index in [0.29, 0.717) is 12.8 Å². The average molecular weight is 506 g/mol. The van der Waals surface area contributed by atoms with Crippen molar-refractivity contribution in [2.45, 2.75) is 154 Å². The van der Waals surface area contributed by atoms with Crippen molar-refractivity contribution in [2.75, 3.05) is 6.61 Å². The summed E-state index contributed by atoms with van der Waals surface area (Å²) in [6.07, 6.45) is 34.9. The molecule has 0 fully saturated rings. The summed E-state index contributed by atoms with van der Waals surface area (Å²) in [6.45, 7) is 4.22. The Morgan fingerprint density at radius 2 is 1.14 bits per heavy atom. The maximum atomic E-state index is 12.2. The van der Waals surface area contributed by atoms with Crippen LogP contribution in [0.1, 0.15) is 142 Å². The molecule has 4 heteroatoms. The lowest BCUT2D eigenvalue weighted by molar-refractivity contribution is -0.123. The standard InChI is InChI=1S/C32H59NO3/c1-3-5-7-9-10-11-12-13-14-15-16-17-18-19-20-21-22-24-26-28-32(36)33-30(29-34)31(35)27-25-23-8-6-4-2/h10-11,13-14,16-17,30-31,34-35H,3-9,12,15,18-29H2,1-2H3,(H,33,36)/b11-10-,14-13-,17-16-. The summed E-state index contributed by atoms with van der Waals surface area (Å²) in [7, 11) is 0. The lowest BCUT2D eigenvalue weighted by atomic mass is 10.0. The molecular weight excluding hydrogens is 446 g/mol. The number of unbranched alkanes of at least 4 members (excludes halogenated alkanes) is 13. The van der Waals surface area contributed by atoms with Crippen LogP contribution >= 0.6 is 0 Å². The molecule has 210 valence electrons. The number of rotatable bonds is 26. The minimum atomic E-state index is -0.659. The van der Waals surface area contributed by atoms with Gasteiger partial charge in [0.2, 0.25) is 5.91 Å². The van der Waals surface area contributed by atoms with Gasteiger partial charge in [0.15, 0.2) is 0 Å². The molecule has 2 atom stereocenters. The van der Waals surface area contributed by atoms with E-state index < -0.39 is 12.1 Å². The van der Waals surface area contributed by atoms with Gasteiger partial charge in [-0.25, -0.2) is 0 Å². The van der Waals surface area contributed by atoms with Gasteiger partial charge in [-0.3, -0.25) is 4.79 Å². The molecule has 0 aromatic rings. The van der Waals surface area contributed by atoms with Crippen LogP contribution in [-0.2, 0) is 4.79 Å². The highest BCUT2D eigenvalue weighted by molar-refractivity contribution is 5.76. The first-order valence-electron chi connectivity index (χ1n) is 15.2. The first-order valence-corrected chi connectivity index (χ1v) is 15.2. The number of amides is 1. The second-order valence-corrected chi connectivity index (χ2v) is 10.2. The van der Waals surface area contributed by atoms with Crippen LogP contribution in [-0.4, -0.2) is 34.9 Å². The third kappa shape index (κ3) is 24.3. The Morgan fingerprint density at radius 3 is 1.75 bits per heavy atom. The van der Waals surface area contributed by atoms with E-state index in [1.165, 1.54) is 64.2 Å². The topological polar surface area (TPSA) is 69.6 Å². The van der Waals surface area contributed by atoms with Crippen molar-refractivity contribution in [3.8, 4) is 0 Å². The van der Waals surface area contributed by atoms with Gasteiger partial charge in [0.25, 0.3) is 0 Å². The molecule has 0 rings (SSSR count). The van der Waals surface area contributed by atoms with Crippen LogP contribution < -0.4 is 5.32 Å². The first kappa shape index (κ1) is 34.6. The van der Waals surface area contributed by atoms with E-state index in [9.17, 15) is 15.0 Å². The predicted octanol–water partition coefficient (Wildman–Crippen LogP) is 8.33. The van der Waals surface area contributed by atoms with Crippen LogP contribution in [0.3, 0.4) is 0 Å². The van der Waals surface area contributed by atoms with Crippen LogP contribution in [0, 0.1) is 0 Å². The second-order valence-electron chi connectivity index (χ2n) is 10.2. The van der Waals surface area contributed by atoms with E-state index in [4.69, 9.17) is 0 Å². The molecule has 1 amide bonds. The fraction of sp³-hybridized carbons (Fsp3) is 0.781. The zero-order valence-corrected chi connectivity index (χ0v) is 23.8. The van der Waals surface area contributed by atoms with Gasteiger partial charge in [-0.2, -0.15) is 0 Å². The number of hydrogen-bond acceptors (Lipinski definition) is 3. The quantitative estimate of drug-likeness (QED) is 0.0817. The Kier molecular flexibility index (Phi) is 27.1. The monoisotopic (exact) mass is 505 g/mol. The summed E-state index contributed by atoms with van der Waals surface area (Å²) >= 11 is 0. The van der Waals surface area contributed by atoms with Gasteiger partial charge in [0, 0.05) is 6.42 Å². The van der Waals surface area contributed by atoms with Crippen molar-refractivity contribution in [1.82, 2.24) is 5.32 Å². The van der Waals surface area contributed by atoms with Crippen molar-refractivity contribution in [3.63, 3.8) is 0 Å². The lowest BCUT2D eigenvalue weighted by Gasteiger charge is -2.22. The van der Waals surface area contributed by atoms with Gasteiger partial charge >= 0.3 is 0 Å². The molecule has 0 radical (unpaired) electrons. The fourth-order valence-corrected chi connectivity index (χ4v) is 4.25. The third-order valence-electron chi connectivity index (χ3n) is 6.65. The largest absolute Gasteiger partial charge is 0.394 e. The van der Waals surface area contributed by atoms with Crippen LogP contribution in [0.4, 0.5) is 0 Å². The van der Waals surface area contributed by atoms with E-state index >= 15 is 0 Å². The van der Waals surface area contributed by atoms with Gasteiger partial charge in [0.1, 0.15) is 0 Å². The molecule has 0 aromatic carbocycles. The molecule has 3 N–H and O–H groups in total. The van der Waals surface area contributed by atoms with Gasteiger partial charge in [-0.15, -0.1) is 0 Å². The van der Waals surface area contributed by atoms with E-state index in [2.05, 4.69) is 55.6 Å². The van der Waals surface area contributed by atoms with E-state index in [0.717, 1.165) is 51.4 Å². The normalized spacial score (nSPS) is 13.8. The first-order chi connectivity index (χ1) is 17.7. The van der Waals surface area contributed by atoms with E-state index in [-0.39, 0.29) is 12.5 Å². The van der Waals surface area contributed by atoms with Gasteiger partial charge in [0.05, 0.1) is 18.8 Å². The van der Waals surface area contributed by atoms with Crippen molar-refractivity contribution in [3.05, 3.63) is 36.5 Å². The van der Waals surface area contributed by atoms with Crippen molar-refractivity contribution >= 4 is 5.91 Å². The number of carbonyl (C=O) groups is 1. The molecule has 0 saturated heterocycles. The Bertz CT molecular complexity index is 556. The summed E-state index contributed by atoms with van der Waals surface area (Å²) in [4.78, 5) is 12.2. The molecule has 0 spiro atoms. The lowest BCUT2D eigenvalue weighted by Crippen LogP contribution is -2.45. The molecular formula is C32H59NO3. The third-order valence-corrected chi connectivity index (χ3v) is 6.65. The van der Waals surface area contributed by atoms with Crippen LogP contribution in [0.25, 0.3) is 0 Å². The summed E-state index contributed by atoms with van der Waals surface area (Å²) < 4.78 is 0. The number of carbonyl (C=O) groups excluding carboxylic acids is 1. The van der Waals surface area contributed by atoms with Crippen LogP contribution in [0.2, 0.25) is 0 Å². The number of aliphatic hydroxyl groups is 2. The minimum absolute atomic E-state index is 0.0544. The summed E-state index contributed by atoms with van der Waals surface area (Å²) in [5.41, 5.74) is 0. The van der Waals surface area contributed by atoms with Gasteiger partial charge in [-0.05, 0) is 51.4 Å².